The van der Waals surface area contributed by atoms with Crippen molar-refractivity contribution in [2.45, 2.75) is 24.0 Å². The van der Waals surface area contributed by atoms with Gasteiger partial charge in [0.25, 0.3) is 5.56 Å². The van der Waals surface area contributed by atoms with Gasteiger partial charge in [-0.3, -0.25) is 9.36 Å². The number of hydrogen-bond donors (Lipinski definition) is 0. The van der Waals surface area contributed by atoms with Crippen LogP contribution in [0.5, 0.6) is 0 Å². The molecular weight excluding hydrogens is 512 g/mol. The summed E-state index contributed by atoms with van der Waals surface area (Å²) in [6.45, 7) is 3.62. The van der Waals surface area contributed by atoms with Crippen molar-refractivity contribution in [2.75, 3.05) is 0 Å². The molecule has 1 aliphatic carbocycles. The van der Waals surface area contributed by atoms with Crippen LogP contribution in [-0.4, -0.2) is 26.3 Å². The second kappa shape index (κ2) is 6.66. The van der Waals surface area contributed by atoms with Crippen LogP contribution < -0.4 is 11.2 Å². The third-order valence-electron chi connectivity index (χ3n) is 5.32. The van der Waals surface area contributed by atoms with Crippen molar-refractivity contribution >= 4 is 43.8 Å². The minimum Gasteiger partial charge on any atom is -0.296 e. The fraction of sp³-hybridized carbons (Fsp3) is 0.263. The fourth-order valence-electron chi connectivity index (χ4n) is 3.60. The lowest BCUT2D eigenvalue weighted by Gasteiger charge is -2.14. The molecule has 1 aliphatic rings. The Morgan fingerprint density at radius 2 is 1.93 bits per heavy atom. The number of halogens is 2. The van der Waals surface area contributed by atoms with Gasteiger partial charge in [0, 0.05) is 16.7 Å². The minimum absolute atomic E-state index is 0.0144. The van der Waals surface area contributed by atoms with Gasteiger partial charge in [-0.2, -0.15) is 3.97 Å². The molecule has 2 heterocycles. The average Bonchev–Trinajstić information content (AvgIpc) is 3.37. The van der Waals surface area contributed by atoms with Gasteiger partial charge in [0.1, 0.15) is 17.0 Å². The summed E-state index contributed by atoms with van der Waals surface area (Å²) in [6.07, 6.45) is 2.54. The van der Waals surface area contributed by atoms with Crippen LogP contribution in [0.3, 0.4) is 0 Å². The van der Waals surface area contributed by atoms with Crippen LogP contribution in [0.15, 0.2) is 52.6 Å². The van der Waals surface area contributed by atoms with Crippen molar-refractivity contribution in [1.29, 1.82) is 0 Å². The highest BCUT2D eigenvalue weighted by atomic mass is 127. The van der Waals surface area contributed by atoms with Gasteiger partial charge < -0.3 is 0 Å². The molecule has 0 unspecified atom stereocenters. The number of imidazole rings is 1. The first-order chi connectivity index (χ1) is 13.6. The van der Waals surface area contributed by atoms with E-state index in [4.69, 9.17) is 0 Å². The van der Waals surface area contributed by atoms with Crippen molar-refractivity contribution in [3.8, 4) is 5.69 Å². The summed E-state index contributed by atoms with van der Waals surface area (Å²) in [6, 6.07) is 6.71. The zero-order valence-electron chi connectivity index (χ0n) is 15.4. The summed E-state index contributed by atoms with van der Waals surface area (Å²) >= 11 is 1.93. The molecule has 0 atom stereocenters. The maximum absolute atomic E-state index is 14.7. The molecule has 1 fully saturated rings. The number of fused-ring (bicyclic) bond motifs is 1. The zero-order chi connectivity index (χ0) is 21.1. The van der Waals surface area contributed by atoms with Gasteiger partial charge in [-0.05, 0) is 66.1 Å². The first kappa shape index (κ1) is 20.1. The Kier molecular flexibility index (Phi) is 4.61. The zero-order valence-corrected chi connectivity index (χ0v) is 18.4. The summed E-state index contributed by atoms with van der Waals surface area (Å²) in [7, 11) is -2.70. The number of nitrogens with zero attached hydrogens (tertiary/aromatic N) is 3. The molecule has 1 saturated carbocycles. The van der Waals surface area contributed by atoms with E-state index in [1.54, 1.807) is 6.07 Å². The highest BCUT2D eigenvalue weighted by Crippen LogP contribution is 2.47. The second-order valence-corrected chi connectivity index (χ2v) is 10.5. The molecule has 152 valence electrons. The Morgan fingerprint density at radius 1 is 1.24 bits per heavy atom. The number of aryl methyl sites for hydroxylation is 1. The van der Waals surface area contributed by atoms with Crippen LogP contribution in [0, 0.1) is 9.39 Å². The van der Waals surface area contributed by atoms with Gasteiger partial charge in [-0.15, -0.1) is 6.58 Å². The average molecular weight is 529 g/mol. The lowest BCUT2D eigenvalue weighted by molar-refractivity contribution is 0.565. The Morgan fingerprint density at radius 3 is 2.52 bits per heavy atom. The molecule has 1 aromatic carbocycles. The molecule has 29 heavy (non-hydrogen) atoms. The number of pyridine rings is 1. The Labute approximate surface area is 179 Å². The lowest BCUT2D eigenvalue weighted by atomic mass is 10.3. The molecule has 3 aromatic rings. The Hall–Kier alpha value is -2.21. The van der Waals surface area contributed by atoms with E-state index in [1.807, 2.05) is 22.6 Å². The third-order valence-corrected chi connectivity index (χ3v) is 8.49. The first-order valence-corrected chi connectivity index (χ1v) is 11.3. The van der Waals surface area contributed by atoms with Gasteiger partial charge in [-0.25, -0.2) is 22.2 Å². The summed E-state index contributed by atoms with van der Waals surface area (Å²) in [5, 5.41) is 0. The van der Waals surface area contributed by atoms with E-state index in [0.717, 1.165) is 9.13 Å². The van der Waals surface area contributed by atoms with E-state index < -0.39 is 31.8 Å². The number of rotatable bonds is 5. The Bertz CT molecular complexity index is 1400. The van der Waals surface area contributed by atoms with Crippen LogP contribution in [0.2, 0.25) is 0 Å². The minimum atomic E-state index is -4.11. The number of aromatic nitrogens is 3. The molecule has 0 N–H and O–H groups in total. The van der Waals surface area contributed by atoms with Crippen LogP contribution in [0.25, 0.3) is 16.9 Å². The monoisotopic (exact) mass is 529 g/mol. The predicted molar refractivity (Wildman–Crippen MR) is 117 cm³/mol. The van der Waals surface area contributed by atoms with Crippen molar-refractivity contribution in [3.05, 3.63) is 73.2 Å². The van der Waals surface area contributed by atoms with Crippen molar-refractivity contribution < 1.29 is 12.8 Å². The largest absolute Gasteiger partial charge is 0.348 e. The number of hydrogen-bond acceptors (Lipinski definition) is 4. The highest BCUT2D eigenvalue weighted by Gasteiger charge is 2.55. The summed E-state index contributed by atoms with van der Waals surface area (Å²) in [5.74, 6) is -0.695. The van der Waals surface area contributed by atoms with E-state index in [0.29, 0.717) is 20.4 Å². The predicted octanol–water partition coefficient (Wildman–Crippen LogP) is 2.52. The van der Waals surface area contributed by atoms with E-state index >= 15 is 0 Å². The van der Waals surface area contributed by atoms with Gasteiger partial charge in [0.05, 0.1) is 10.4 Å². The van der Waals surface area contributed by atoms with Crippen LogP contribution >= 0.6 is 22.6 Å². The van der Waals surface area contributed by atoms with Crippen LogP contribution in [0.4, 0.5) is 4.39 Å². The van der Waals surface area contributed by atoms with E-state index in [2.05, 4.69) is 6.58 Å². The SMILES string of the molecule is C=CCC1(S(=O)(=O)n2c(=O)n(-c3ccc(I)cc3F)c3c2ccc(=O)n3C)CC1. The topological polar surface area (TPSA) is 83.1 Å². The molecule has 4 rings (SSSR count). The summed E-state index contributed by atoms with van der Waals surface area (Å²) in [5.41, 5.74) is -1.45. The molecule has 0 bridgehead atoms. The molecule has 2 aromatic heterocycles. The third kappa shape index (κ3) is 2.83. The number of benzene rings is 1. The Balaban J connectivity index is 2.16. The number of allylic oxidation sites excluding steroid dienone is 1. The van der Waals surface area contributed by atoms with Crippen molar-refractivity contribution in [2.24, 2.45) is 7.05 Å². The standard InChI is InChI=1S/C19H17FIN3O4S/c1-3-8-19(9-10-19)29(27,28)24-15-6-7-16(25)22(2)17(15)23(18(24)26)14-5-4-12(21)11-13(14)20/h3-7,11H,1,8-10H2,2H3. The van der Waals surface area contributed by atoms with Gasteiger partial charge in [0.2, 0.25) is 10.0 Å². The van der Waals surface area contributed by atoms with Crippen LogP contribution in [-0.2, 0) is 17.1 Å². The van der Waals surface area contributed by atoms with E-state index in [-0.39, 0.29) is 23.3 Å². The normalized spacial score (nSPS) is 15.6. The van der Waals surface area contributed by atoms with Gasteiger partial charge in [0.15, 0.2) is 0 Å². The van der Waals surface area contributed by atoms with E-state index in [1.165, 1.54) is 37.4 Å². The summed E-state index contributed by atoms with van der Waals surface area (Å²) < 4.78 is 43.9. The van der Waals surface area contributed by atoms with Gasteiger partial charge in [-0.1, -0.05) is 6.08 Å². The molecule has 10 heteroatoms. The quantitative estimate of drug-likeness (QED) is 0.376. The smallest absolute Gasteiger partial charge is 0.296 e. The fourth-order valence-corrected chi connectivity index (χ4v) is 6.07. The second-order valence-electron chi connectivity index (χ2n) is 7.10. The lowest BCUT2D eigenvalue weighted by Crippen LogP contribution is -2.37. The van der Waals surface area contributed by atoms with Crippen molar-refractivity contribution in [1.82, 2.24) is 13.1 Å². The first-order valence-electron chi connectivity index (χ1n) is 8.79. The van der Waals surface area contributed by atoms with Gasteiger partial charge >= 0.3 is 5.69 Å². The summed E-state index contributed by atoms with van der Waals surface area (Å²) in [4.78, 5) is 25.6. The molecular formula is C19H17FIN3O4S. The molecule has 0 spiro atoms. The highest BCUT2D eigenvalue weighted by molar-refractivity contribution is 14.1. The maximum Gasteiger partial charge on any atom is 0.348 e. The molecule has 7 nitrogen and oxygen atoms in total. The van der Waals surface area contributed by atoms with E-state index in [9.17, 15) is 22.4 Å². The molecule has 0 radical (unpaired) electrons. The maximum atomic E-state index is 14.7. The molecule has 0 aliphatic heterocycles. The molecule has 0 saturated heterocycles. The molecule has 0 amide bonds. The van der Waals surface area contributed by atoms with Crippen molar-refractivity contribution in [3.63, 3.8) is 0 Å². The van der Waals surface area contributed by atoms with Crippen LogP contribution in [0.1, 0.15) is 19.3 Å².